The van der Waals surface area contributed by atoms with Crippen LogP contribution in [0.15, 0.2) is 48.5 Å². The van der Waals surface area contributed by atoms with Crippen molar-refractivity contribution < 1.29 is 24.2 Å². The number of benzene rings is 2. The van der Waals surface area contributed by atoms with Gasteiger partial charge in [0.15, 0.2) is 0 Å². The molecule has 1 aliphatic heterocycles. The molecule has 2 aromatic rings. The summed E-state index contributed by atoms with van der Waals surface area (Å²) in [4.78, 5) is 39.4. The Balaban J connectivity index is 1.22. The smallest absolute Gasteiger partial charge is 0.407 e. The number of carboxylic acid groups (broad SMARTS) is 1. The van der Waals surface area contributed by atoms with Gasteiger partial charge in [-0.3, -0.25) is 9.59 Å². The molecule has 0 spiro atoms. The summed E-state index contributed by atoms with van der Waals surface area (Å²) < 4.78 is 5.60. The number of nitrogens with one attached hydrogen (secondary N) is 1. The maximum atomic E-state index is 13.2. The third kappa shape index (κ3) is 3.63. The van der Waals surface area contributed by atoms with E-state index in [1.165, 1.54) is 0 Å². The van der Waals surface area contributed by atoms with E-state index in [0.717, 1.165) is 35.1 Å². The third-order valence-electron chi connectivity index (χ3n) is 7.95. The number of carbonyl (C=O) groups is 3. The highest BCUT2D eigenvalue weighted by Crippen LogP contribution is 2.49. The lowest BCUT2D eigenvalue weighted by atomic mass is 9.81. The molecule has 3 aliphatic rings. The maximum Gasteiger partial charge on any atom is 0.407 e. The van der Waals surface area contributed by atoms with Crippen LogP contribution in [0.1, 0.15) is 49.7 Å². The number of fused-ring (bicyclic) bond motifs is 4. The third-order valence-corrected chi connectivity index (χ3v) is 7.95. The first-order valence-corrected chi connectivity index (χ1v) is 12.1. The maximum absolute atomic E-state index is 13.2. The van der Waals surface area contributed by atoms with E-state index in [1.807, 2.05) is 31.2 Å². The van der Waals surface area contributed by atoms with Crippen LogP contribution in [0.5, 0.6) is 0 Å². The molecule has 0 unspecified atom stereocenters. The van der Waals surface area contributed by atoms with Crippen LogP contribution in [0.4, 0.5) is 4.79 Å². The fourth-order valence-corrected chi connectivity index (χ4v) is 6.15. The van der Waals surface area contributed by atoms with Gasteiger partial charge in [0.1, 0.15) is 12.6 Å². The number of amides is 2. The van der Waals surface area contributed by atoms with Crippen molar-refractivity contribution in [1.29, 1.82) is 0 Å². The zero-order valence-electron chi connectivity index (χ0n) is 19.3. The first-order valence-electron chi connectivity index (χ1n) is 12.1. The number of hydrogen-bond acceptors (Lipinski definition) is 4. The normalized spacial score (nSPS) is 23.7. The van der Waals surface area contributed by atoms with Crippen molar-refractivity contribution in [1.82, 2.24) is 10.2 Å². The van der Waals surface area contributed by atoms with Crippen molar-refractivity contribution in [3.63, 3.8) is 0 Å². The van der Waals surface area contributed by atoms with Crippen LogP contribution in [0.25, 0.3) is 11.1 Å². The van der Waals surface area contributed by atoms with E-state index in [9.17, 15) is 19.5 Å². The summed E-state index contributed by atoms with van der Waals surface area (Å²) in [6.07, 6.45) is 2.09. The van der Waals surface area contributed by atoms with Crippen molar-refractivity contribution in [3.05, 3.63) is 59.7 Å². The molecular formula is C27H30N2O5. The summed E-state index contributed by atoms with van der Waals surface area (Å²) in [7, 11) is 0. The Bertz CT molecular complexity index is 1090. The van der Waals surface area contributed by atoms with Crippen LogP contribution in [-0.4, -0.2) is 53.7 Å². The average Bonchev–Trinajstić information content (AvgIpc) is 3.51. The Morgan fingerprint density at radius 1 is 1.12 bits per heavy atom. The predicted octanol–water partition coefficient (Wildman–Crippen LogP) is 4.02. The lowest BCUT2D eigenvalue weighted by molar-refractivity contribution is -0.149. The van der Waals surface area contributed by atoms with Crippen molar-refractivity contribution in [3.8, 4) is 11.1 Å². The molecule has 5 rings (SSSR count). The minimum atomic E-state index is -0.836. The van der Waals surface area contributed by atoms with Gasteiger partial charge >= 0.3 is 12.1 Å². The number of nitrogens with zero attached hydrogens (tertiary/aromatic N) is 1. The van der Waals surface area contributed by atoms with Gasteiger partial charge in [-0.2, -0.15) is 0 Å². The Hall–Kier alpha value is -3.35. The van der Waals surface area contributed by atoms with Crippen molar-refractivity contribution in [2.24, 2.45) is 11.3 Å². The number of hydrogen-bond donors (Lipinski definition) is 2. The Morgan fingerprint density at radius 3 is 2.35 bits per heavy atom. The molecule has 3 atom stereocenters. The highest BCUT2D eigenvalue weighted by Gasteiger charge is 2.56. The standard InChI is InChI=1S/C27H30N2O5/c1-2-23(24(30)29-14-17-8-7-13-27(17,16-29)25(31)32)28-26(33)34-15-22-20-11-5-3-9-18(20)19-10-4-6-12-21(19)22/h3-6,9-12,17,22-23H,2,7-8,13-16H2,1H3,(H,28,33)(H,31,32)/t17-,23+,27-/m0/s1. The van der Waals surface area contributed by atoms with Crippen molar-refractivity contribution >= 4 is 18.0 Å². The molecule has 0 bridgehead atoms. The molecule has 2 amide bonds. The van der Waals surface area contributed by atoms with E-state index in [4.69, 9.17) is 4.74 Å². The molecule has 1 saturated heterocycles. The van der Waals surface area contributed by atoms with Gasteiger partial charge in [0.2, 0.25) is 5.91 Å². The lowest BCUT2D eigenvalue weighted by Gasteiger charge is -2.26. The topological polar surface area (TPSA) is 95.9 Å². The predicted molar refractivity (Wildman–Crippen MR) is 126 cm³/mol. The minimum absolute atomic E-state index is 0.0130. The average molecular weight is 463 g/mol. The first-order chi connectivity index (χ1) is 16.4. The van der Waals surface area contributed by atoms with E-state index >= 15 is 0 Å². The summed E-state index contributed by atoms with van der Waals surface area (Å²) in [5, 5.41) is 12.5. The summed E-state index contributed by atoms with van der Waals surface area (Å²) in [5.74, 6) is -1.11. The van der Waals surface area contributed by atoms with Gasteiger partial charge in [-0.15, -0.1) is 0 Å². The fourth-order valence-electron chi connectivity index (χ4n) is 6.15. The van der Waals surface area contributed by atoms with Gasteiger partial charge < -0.3 is 20.1 Å². The van der Waals surface area contributed by atoms with Crippen LogP contribution in [0.2, 0.25) is 0 Å². The van der Waals surface area contributed by atoms with E-state index in [1.54, 1.807) is 4.90 Å². The van der Waals surface area contributed by atoms with Gasteiger partial charge in [0.05, 0.1) is 5.41 Å². The van der Waals surface area contributed by atoms with Crippen LogP contribution in [0.3, 0.4) is 0 Å². The quantitative estimate of drug-likeness (QED) is 0.676. The molecule has 2 aliphatic carbocycles. The number of ether oxygens (including phenoxy) is 1. The minimum Gasteiger partial charge on any atom is -0.481 e. The number of alkyl carbamates (subject to hydrolysis) is 1. The highest BCUT2D eigenvalue weighted by atomic mass is 16.5. The molecule has 0 radical (unpaired) electrons. The molecule has 2 aromatic carbocycles. The van der Waals surface area contributed by atoms with Gasteiger partial charge in [0.25, 0.3) is 0 Å². The molecule has 7 nitrogen and oxygen atoms in total. The molecule has 2 N–H and O–H groups in total. The Labute approximate surface area is 199 Å². The van der Waals surface area contributed by atoms with Crippen molar-refractivity contribution in [2.45, 2.75) is 44.6 Å². The molecule has 7 heteroatoms. The van der Waals surface area contributed by atoms with Crippen molar-refractivity contribution in [2.75, 3.05) is 19.7 Å². The van der Waals surface area contributed by atoms with Crippen LogP contribution >= 0.6 is 0 Å². The SMILES string of the molecule is CC[C@@H](NC(=O)OCC1c2ccccc2-c2ccccc21)C(=O)N1C[C@@H]2CCC[C@]2(C(=O)O)C1. The number of likely N-dealkylation sites (tertiary alicyclic amines) is 1. The second-order valence-corrected chi connectivity index (χ2v) is 9.70. The largest absolute Gasteiger partial charge is 0.481 e. The van der Waals surface area contributed by atoms with Crippen LogP contribution < -0.4 is 5.32 Å². The molecule has 1 heterocycles. The number of carboxylic acids is 1. The monoisotopic (exact) mass is 462 g/mol. The highest BCUT2D eigenvalue weighted by molar-refractivity contribution is 5.87. The number of rotatable bonds is 6. The summed E-state index contributed by atoms with van der Waals surface area (Å²) >= 11 is 0. The molecule has 1 saturated carbocycles. The van der Waals surface area contributed by atoms with Gasteiger partial charge in [-0.05, 0) is 47.4 Å². The van der Waals surface area contributed by atoms with E-state index in [-0.39, 0.29) is 30.9 Å². The van der Waals surface area contributed by atoms with E-state index in [0.29, 0.717) is 19.4 Å². The first kappa shape index (κ1) is 22.4. The van der Waals surface area contributed by atoms with Gasteiger partial charge in [0, 0.05) is 19.0 Å². The summed E-state index contributed by atoms with van der Waals surface area (Å²) in [6.45, 7) is 2.66. The van der Waals surface area contributed by atoms with E-state index < -0.39 is 23.5 Å². The molecule has 2 fully saturated rings. The zero-order valence-corrected chi connectivity index (χ0v) is 19.3. The van der Waals surface area contributed by atoms with Crippen LogP contribution in [-0.2, 0) is 14.3 Å². The fraction of sp³-hybridized carbons (Fsp3) is 0.444. The molecular weight excluding hydrogens is 432 g/mol. The molecule has 34 heavy (non-hydrogen) atoms. The van der Waals surface area contributed by atoms with Gasteiger partial charge in [-0.1, -0.05) is 61.9 Å². The lowest BCUT2D eigenvalue weighted by Crippen LogP contribution is -2.48. The second-order valence-electron chi connectivity index (χ2n) is 9.70. The molecule has 178 valence electrons. The Kier molecular flexibility index (Phi) is 5.80. The van der Waals surface area contributed by atoms with Gasteiger partial charge in [-0.25, -0.2) is 4.79 Å². The van der Waals surface area contributed by atoms with E-state index in [2.05, 4.69) is 29.6 Å². The summed E-state index contributed by atoms with van der Waals surface area (Å²) in [6, 6.07) is 15.5. The second kappa shape index (κ2) is 8.78. The molecule has 0 aromatic heterocycles. The number of carbonyl (C=O) groups excluding carboxylic acids is 2. The number of aliphatic carboxylic acids is 1. The van der Waals surface area contributed by atoms with Crippen LogP contribution in [0, 0.1) is 11.3 Å². The zero-order chi connectivity index (χ0) is 23.9. The Morgan fingerprint density at radius 2 is 1.76 bits per heavy atom. The summed E-state index contributed by atoms with van der Waals surface area (Å²) in [5.41, 5.74) is 3.73.